The predicted octanol–water partition coefficient (Wildman–Crippen LogP) is 0.588. The van der Waals surface area contributed by atoms with E-state index in [2.05, 4.69) is 5.32 Å². The van der Waals surface area contributed by atoms with E-state index in [1.165, 1.54) is 11.9 Å². The number of likely N-dealkylation sites (N-methyl/N-ethyl adjacent to an activating group) is 1. The predicted molar refractivity (Wildman–Crippen MR) is 86.3 cm³/mol. The van der Waals surface area contributed by atoms with Gasteiger partial charge in [0.2, 0.25) is 5.91 Å². The highest BCUT2D eigenvalue weighted by Gasteiger charge is 2.55. The number of nitriles is 1. The molecule has 1 spiro atoms. The minimum atomic E-state index is -1.18. The number of hydrogen-bond donors (Lipinski definition) is 1. The Kier molecular flexibility index (Phi) is 4.31. The number of rotatable bonds is 4. The van der Waals surface area contributed by atoms with E-state index in [-0.39, 0.29) is 19.5 Å². The van der Waals surface area contributed by atoms with Crippen LogP contribution in [-0.2, 0) is 15.1 Å². The van der Waals surface area contributed by atoms with Gasteiger partial charge in [-0.3, -0.25) is 14.5 Å². The number of carbonyl (C=O) groups is 3. The lowest BCUT2D eigenvalue weighted by Crippen LogP contribution is -2.48. The Morgan fingerprint density at radius 3 is 2.96 bits per heavy atom. The number of urea groups is 1. The topological polar surface area (TPSA) is 103 Å². The molecule has 3 rings (SSSR count). The quantitative estimate of drug-likeness (QED) is 0.807. The van der Waals surface area contributed by atoms with Crippen molar-refractivity contribution >= 4 is 17.8 Å². The maximum Gasteiger partial charge on any atom is 0.325 e. The minimum absolute atomic E-state index is 0.192. The van der Waals surface area contributed by atoms with Crippen LogP contribution in [0.3, 0.4) is 0 Å². The molecule has 25 heavy (non-hydrogen) atoms. The van der Waals surface area contributed by atoms with Crippen LogP contribution in [0.1, 0.15) is 18.4 Å². The summed E-state index contributed by atoms with van der Waals surface area (Å²) in [5, 5.41) is 11.3. The van der Waals surface area contributed by atoms with Crippen LogP contribution in [0.5, 0.6) is 5.75 Å². The number of hydrogen-bond acceptors (Lipinski definition) is 5. The van der Waals surface area contributed by atoms with E-state index in [9.17, 15) is 14.4 Å². The van der Waals surface area contributed by atoms with Gasteiger partial charge in [-0.05, 0) is 6.07 Å². The number of nitrogens with one attached hydrogen (secondary N) is 1. The first-order valence-corrected chi connectivity index (χ1v) is 7.97. The fourth-order valence-corrected chi connectivity index (χ4v) is 3.11. The maximum absolute atomic E-state index is 13.0. The summed E-state index contributed by atoms with van der Waals surface area (Å²) in [5.41, 5.74) is -0.579. The molecule has 0 aromatic heterocycles. The van der Waals surface area contributed by atoms with Crippen molar-refractivity contribution in [3.63, 3.8) is 0 Å². The van der Waals surface area contributed by atoms with Crippen LogP contribution in [0.25, 0.3) is 0 Å². The summed E-state index contributed by atoms with van der Waals surface area (Å²) in [5.74, 6) is -0.284. The Balaban J connectivity index is 1.82. The van der Waals surface area contributed by atoms with Crippen molar-refractivity contribution in [2.45, 2.75) is 18.4 Å². The number of carbonyl (C=O) groups excluding carboxylic acids is 3. The lowest BCUT2D eigenvalue weighted by Gasteiger charge is -2.33. The van der Waals surface area contributed by atoms with Gasteiger partial charge in [-0.2, -0.15) is 5.26 Å². The SMILES string of the molecule is CN(CCC#N)C(=O)CN1C(=O)NC2(CCOc3ccccc32)C1=O. The summed E-state index contributed by atoms with van der Waals surface area (Å²) in [6, 6.07) is 8.43. The molecule has 4 amide bonds. The molecule has 1 atom stereocenters. The van der Waals surface area contributed by atoms with Gasteiger partial charge in [0.25, 0.3) is 5.91 Å². The summed E-state index contributed by atoms with van der Waals surface area (Å²) in [7, 11) is 1.54. The van der Waals surface area contributed by atoms with Crippen LogP contribution in [0, 0.1) is 11.3 Å². The van der Waals surface area contributed by atoms with Crippen LogP contribution < -0.4 is 10.1 Å². The molecule has 1 N–H and O–H groups in total. The second-order valence-corrected chi connectivity index (χ2v) is 6.04. The molecule has 1 fully saturated rings. The zero-order valence-electron chi connectivity index (χ0n) is 13.8. The Morgan fingerprint density at radius 1 is 1.44 bits per heavy atom. The van der Waals surface area contributed by atoms with Crippen LogP contribution in [0.15, 0.2) is 24.3 Å². The smallest absolute Gasteiger partial charge is 0.325 e. The molecule has 0 saturated carbocycles. The third-order valence-electron chi connectivity index (χ3n) is 4.54. The molecule has 2 aliphatic rings. The average Bonchev–Trinajstić information content (AvgIpc) is 2.85. The first-order valence-electron chi connectivity index (χ1n) is 7.97. The van der Waals surface area contributed by atoms with Gasteiger partial charge in [0, 0.05) is 25.6 Å². The molecule has 2 heterocycles. The fourth-order valence-electron chi connectivity index (χ4n) is 3.11. The van der Waals surface area contributed by atoms with Crippen LogP contribution in [0.2, 0.25) is 0 Å². The number of para-hydroxylation sites is 1. The zero-order valence-corrected chi connectivity index (χ0v) is 13.8. The van der Waals surface area contributed by atoms with E-state index < -0.39 is 23.4 Å². The van der Waals surface area contributed by atoms with Crippen molar-refractivity contribution in [1.29, 1.82) is 5.26 Å². The molecular formula is C17H18N4O4. The standard InChI is InChI=1S/C17H18N4O4/c1-20(9-4-8-18)14(22)11-21-15(23)17(19-16(21)24)7-10-25-13-6-3-2-5-12(13)17/h2-3,5-6H,4,7,9-11H2,1H3,(H,19,24). The molecule has 1 saturated heterocycles. The van der Waals surface area contributed by atoms with Gasteiger partial charge in [0.05, 0.1) is 19.1 Å². The van der Waals surface area contributed by atoms with Crippen molar-refractivity contribution in [1.82, 2.24) is 15.1 Å². The molecule has 8 nitrogen and oxygen atoms in total. The van der Waals surface area contributed by atoms with Gasteiger partial charge < -0.3 is 15.0 Å². The summed E-state index contributed by atoms with van der Waals surface area (Å²) in [6.07, 6.45) is 0.501. The summed E-state index contributed by atoms with van der Waals surface area (Å²) < 4.78 is 5.56. The molecular weight excluding hydrogens is 324 g/mol. The molecule has 1 aromatic carbocycles. The van der Waals surface area contributed by atoms with E-state index in [1.54, 1.807) is 24.3 Å². The highest BCUT2D eigenvalue weighted by atomic mass is 16.5. The minimum Gasteiger partial charge on any atom is -0.493 e. The first kappa shape index (κ1) is 16.8. The van der Waals surface area contributed by atoms with Crippen molar-refractivity contribution in [3.05, 3.63) is 29.8 Å². The van der Waals surface area contributed by atoms with Crippen molar-refractivity contribution in [3.8, 4) is 11.8 Å². The highest BCUT2D eigenvalue weighted by Crippen LogP contribution is 2.40. The monoisotopic (exact) mass is 342 g/mol. The lowest BCUT2D eigenvalue weighted by atomic mass is 9.84. The van der Waals surface area contributed by atoms with Crippen LogP contribution >= 0.6 is 0 Å². The second kappa shape index (κ2) is 6.43. The molecule has 0 radical (unpaired) electrons. The molecule has 8 heteroatoms. The molecule has 130 valence electrons. The van der Waals surface area contributed by atoms with Crippen molar-refractivity contribution in [2.75, 3.05) is 26.7 Å². The molecule has 1 unspecified atom stereocenters. The van der Waals surface area contributed by atoms with Gasteiger partial charge in [0.1, 0.15) is 12.3 Å². The Labute approximate surface area is 144 Å². The van der Waals surface area contributed by atoms with Crippen LogP contribution in [-0.4, -0.2) is 54.4 Å². The third-order valence-corrected chi connectivity index (χ3v) is 4.54. The second-order valence-electron chi connectivity index (χ2n) is 6.04. The molecule has 0 aliphatic carbocycles. The number of fused-ring (bicyclic) bond motifs is 2. The largest absolute Gasteiger partial charge is 0.493 e. The van der Waals surface area contributed by atoms with Crippen molar-refractivity contribution < 1.29 is 19.1 Å². The maximum atomic E-state index is 13.0. The summed E-state index contributed by atoms with van der Waals surface area (Å²) in [6.45, 7) is 0.199. The normalized spacial score (nSPS) is 21.4. The van der Waals surface area contributed by atoms with E-state index in [1.807, 2.05) is 6.07 Å². The van der Waals surface area contributed by atoms with Gasteiger partial charge in [-0.1, -0.05) is 18.2 Å². The van der Waals surface area contributed by atoms with Crippen molar-refractivity contribution in [2.24, 2.45) is 0 Å². The Morgan fingerprint density at radius 2 is 2.20 bits per heavy atom. The Hall–Kier alpha value is -3.08. The third kappa shape index (κ3) is 2.78. The average molecular weight is 342 g/mol. The van der Waals surface area contributed by atoms with Gasteiger partial charge in [0.15, 0.2) is 5.54 Å². The molecule has 0 bridgehead atoms. The van der Waals surface area contributed by atoms with Crippen LogP contribution in [0.4, 0.5) is 4.79 Å². The van der Waals surface area contributed by atoms with Gasteiger partial charge in [-0.25, -0.2) is 4.79 Å². The molecule has 1 aromatic rings. The lowest BCUT2D eigenvalue weighted by molar-refractivity contribution is -0.139. The number of nitrogens with zero attached hydrogens (tertiary/aromatic N) is 3. The van der Waals surface area contributed by atoms with E-state index in [4.69, 9.17) is 10.00 Å². The highest BCUT2D eigenvalue weighted by molar-refractivity contribution is 6.09. The number of amides is 4. The van der Waals surface area contributed by atoms with E-state index in [0.717, 1.165) is 4.90 Å². The van der Waals surface area contributed by atoms with Gasteiger partial charge >= 0.3 is 6.03 Å². The fraction of sp³-hybridized carbons (Fsp3) is 0.412. The number of imide groups is 1. The zero-order chi connectivity index (χ0) is 18.0. The molecule has 2 aliphatic heterocycles. The Bertz CT molecular complexity index is 772. The van der Waals surface area contributed by atoms with E-state index >= 15 is 0 Å². The summed E-state index contributed by atoms with van der Waals surface area (Å²) in [4.78, 5) is 39.9. The van der Waals surface area contributed by atoms with E-state index in [0.29, 0.717) is 24.3 Å². The first-order chi connectivity index (χ1) is 12.0. The summed E-state index contributed by atoms with van der Waals surface area (Å²) >= 11 is 0. The van der Waals surface area contributed by atoms with Gasteiger partial charge in [-0.15, -0.1) is 0 Å². The number of benzene rings is 1. The number of ether oxygens (including phenoxy) is 1.